The minimum Gasteiger partial charge on any atom is -0.334 e. The van der Waals surface area contributed by atoms with Crippen LogP contribution in [0, 0.1) is 0 Å². The Morgan fingerprint density at radius 3 is 2.35 bits per heavy atom. The van der Waals surface area contributed by atoms with Gasteiger partial charge in [-0.05, 0) is 51.9 Å². The smallest absolute Gasteiger partial charge is 0.271 e. The minimum absolute atomic E-state index is 0.177. The van der Waals surface area contributed by atoms with Gasteiger partial charge in [-0.2, -0.15) is 0 Å². The summed E-state index contributed by atoms with van der Waals surface area (Å²) in [6.07, 6.45) is 0.783. The van der Waals surface area contributed by atoms with Crippen molar-refractivity contribution in [3.63, 3.8) is 0 Å². The SMILES string of the molecule is O=C(c1cc2ccccc2cc1NS(=O)(=O)c1cccs1)N1CCc2ccccc2C1. The Labute approximate surface area is 185 Å². The van der Waals surface area contributed by atoms with Gasteiger partial charge in [0.05, 0.1) is 11.3 Å². The van der Waals surface area contributed by atoms with Crippen LogP contribution in [-0.4, -0.2) is 25.8 Å². The van der Waals surface area contributed by atoms with E-state index in [4.69, 9.17) is 0 Å². The summed E-state index contributed by atoms with van der Waals surface area (Å²) in [5.74, 6) is -0.177. The van der Waals surface area contributed by atoms with E-state index >= 15 is 0 Å². The quantitative estimate of drug-likeness (QED) is 0.483. The number of nitrogens with zero attached hydrogens (tertiary/aromatic N) is 1. The highest BCUT2D eigenvalue weighted by Crippen LogP contribution is 2.30. The fourth-order valence-electron chi connectivity index (χ4n) is 3.95. The standard InChI is InChI=1S/C24H20N2O3S2/c27-24(26-12-11-17-6-1-4-9-20(17)16-26)21-14-18-7-2-3-8-19(18)15-22(21)25-31(28,29)23-10-5-13-30-23/h1-10,13-15,25H,11-12,16H2. The monoisotopic (exact) mass is 448 g/mol. The van der Waals surface area contributed by atoms with E-state index in [2.05, 4.69) is 10.8 Å². The van der Waals surface area contributed by atoms with E-state index in [0.29, 0.717) is 24.3 Å². The molecule has 5 rings (SSSR count). The number of fused-ring (bicyclic) bond motifs is 2. The number of thiophene rings is 1. The molecule has 0 fully saturated rings. The molecular weight excluding hydrogens is 428 g/mol. The third-order valence-corrected chi connectivity index (χ3v) is 8.30. The first-order chi connectivity index (χ1) is 15.0. The van der Waals surface area contributed by atoms with Gasteiger partial charge >= 0.3 is 0 Å². The molecule has 2 heterocycles. The zero-order valence-electron chi connectivity index (χ0n) is 16.6. The average molecular weight is 449 g/mol. The highest BCUT2D eigenvalue weighted by molar-refractivity contribution is 7.94. The first-order valence-electron chi connectivity index (χ1n) is 9.96. The maximum Gasteiger partial charge on any atom is 0.271 e. The van der Waals surface area contributed by atoms with Crippen LogP contribution in [0.15, 0.2) is 82.4 Å². The van der Waals surface area contributed by atoms with Crippen molar-refractivity contribution in [3.05, 3.63) is 94.9 Å². The van der Waals surface area contributed by atoms with Crippen LogP contribution in [0.2, 0.25) is 0 Å². The second-order valence-corrected chi connectivity index (χ2v) is 10.4. The molecule has 0 aliphatic carbocycles. The van der Waals surface area contributed by atoms with Gasteiger partial charge in [-0.25, -0.2) is 8.42 Å². The van der Waals surface area contributed by atoms with Crippen molar-refractivity contribution in [3.8, 4) is 0 Å². The van der Waals surface area contributed by atoms with Gasteiger partial charge in [0.15, 0.2) is 0 Å². The second-order valence-electron chi connectivity index (χ2n) is 7.53. The molecule has 0 unspecified atom stereocenters. The van der Waals surface area contributed by atoms with Crippen LogP contribution in [0.4, 0.5) is 5.69 Å². The zero-order chi connectivity index (χ0) is 21.4. The third-order valence-electron chi connectivity index (χ3n) is 5.54. The van der Waals surface area contributed by atoms with Crippen LogP contribution in [0.1, 0.15) is 21.5 Å². The maximum absolute atomic E-state index is 13.5. The molecule has 0 saturated heterocycles. The van der Waals surface area contributed by atoms with Crippen LogP contribution in [0.25, 0.3) is 10.8 Å². The van der Waals surface area contributed by atoms with Gasteiger partial charge in [0.25, 0.3) is 15.9 Å². The fraction of sp³-hybridized carbons (Fsp3) is 0.125. The lowest BCUT2D eigenvalue weighted by Gasteiger charge is -2.29. The van der Waals surface area contributed by atoms with E-state index in [1.807, 2.05) is 42.5 Å². The number of carbonyl (C=O) groups excluding carboxylic acids is 1. The highest BCUT2D eigenvalue weighted by Gasteiger charge is 2.26. The Bertz CT molecular complexity index is 1380. The van der Waals surface area contributed by atoms with Crippen molar-refractivity contribution in [2.75, 3.05) is 11.3 Å². The fourth-order valence-corrected chi connectivity index (χ4v) is 6.02. The van der Waals surface area contributed by atoms with Gasteiger partial charge in [-0.3, -0.25) is 9.52 Å². The number of nitrogens with one attached hydrogen (secondary N) is 1. The topological polar surface area (TPSA) is 66.5 Å². The summed E-state index contributed by atoms with van der Waals surface area (Å²) in [4.78, 5) is 15.3. The number of rotatable bonds is 4. The van der Waals surface area contributed by atoms with Gasteiger partial charge < -0.3 is 4.90 Å². The van der Waals surface area contributed by atoms with E-state index in [1.54, 1.807) is 34.5 Å². The maximum atomic E-state index is 13.5. The van der Waals surface area contributed by atoms with Crippen molar-refractivity contribution in [2.24, 2.45) is 0 Å². The number of carbonyl (C=O) groups is 1. The normalized spacial score (nSPS) is 13.7. The van der Waals surface area contributed by atoms with Crippen molar-refractivity contribution in [2.45, 2.75) is 17.2 Å². The molecular formula is C24H20N2O3S2. The predicted molar refractivity (Wildman–Crippen MR) is 124 cm³/mol. The van der Waals surface area contributed by atoms with E-state index in [-0.39, 0.29) is 10.1 Å². The number of hydrogen-bond donors (Lipinski definition) is 1. The van der Waals surface area contributed by atoms with Gasteiger partial charge in [-0.15, -0.1) is 11.3 Å². The van der Waals surface area contributed by atoms with Crippen molar-refractivity contribution in [1.29, 1.82) is 0 Å². The van der Waals surface area contributed by atoms with Gasteiger partial charge in [0.1, 0.15) is 4.21 Å². The van der Waals surface area contributed by atoms with Crippen LogP contribution in [-0.2, 0) is 23.0 Å². The summed E-state index contributed by atoms with van der Waals surface area (Å²) in [6, 6.07) is 22.5. The van der Waals surface area contributed by atoms with Crippen molar-refractivity contribution >= 4 is 43.7 Å². The molecule has 0 bridgehead atoms. The first-order valence-corrected chi connectivity index (χ1v) is 12.3. The van der Waals surface area contributed by atoms with Gasteiger partial charge in [0, 0.05) is 13.1 Å². The Balaban J connectivity index is 1.55. The molecule has 0 spiro atoms. The molecule has 0 saturated carbocycles. The van der Waals surface area contributed by atoms with Crippen molar-refractivity contribution < 1.29 is 13.2 Å². The molecule has 156 valence electrons. The van der Waals surface area contributed by atoms with Crippen LogP contribution < -0.4 is 4.72 Å². The molecule has 1 aliphatic rings. The first kappa shape index (κ1) is 19.8. The lowest BCUT2D eigenvalue weighted by atomic mass is 9.98. The summed E-state index contributed by atoms with van der Waals surface area (Å²) in [6.45, 7) is 1.11. The average Bonchev–Trinajstić information content (AvgIpc) is 3.34. The van der Waals surface area contributed by atoms with E-state index in [9.17, 15) is 13.2 Å². The molecule has 1 N–H and O–H groups in total. The van der Waals surface area contributed by atoms with Crippen LogP contribution in [0.5, 0.6) is 0 Å². The highest BCUT2D eigenvalue weighted by atomic mass is 32.2. The van der Waals surface area contributed by atoms with Gasteiger partial charge in [-0.1, -0.05) is 54.6 Å². The molecule has 31 heavy (non-hydrogen) atoms. The number of hydrogen-bond acceptors (Lipinski definition) is 4. The van der Waals surface area contributed by atoms with E-state index in [1.165, 1.54) is 5.56 Å². The van der Waals surface area contributed by atoms with E-state index < -0.39 is 10.0 Å². The Morgan fingerprint density at radius 1 is 0.903 bits per heavy atom. The second kappa shape index (κ2) is 7.83. The molecule has 1 aliphatic heterocycles. The number of sulfonamides is 1. The molecule has 0 atom stereocenters. The minimum atomic E-state index is -3.78. The summed E-state index contributed by atoms with van der Waals surface area (Å²) in [7, 11) is -3.78. The number of anilines is 1. The molecule has 3 aromatic carbocycles. The molecule has 0 radical (unpaired) electrons. The predicted octanol–water partition coefficient (Wildman–Crippen LogP) is 4.90. The third kappa shape index (κ3) is 3.82. The number of amides is 1. The Morgan fingerprint density at radius 2 is 1.61 bits per heavy atom. The molecule has 4 aromatic rings. The number of benzene rings is 3. The summed E-state index contributed by atoms with van der Waals surface area (Å²) < 4.78 is 28.6. The zero-order valence-corrected chi connectivity index (χ0v) is 18.2. The van der Waals surface area contributed by atoms with Gasteiger partial charge in [0.2, 0.25) is 0 Å². The summed E-state index contributed by atoms with van der Waals surface area (Å²) in [5, 5.41) is 3.47. The Kier molecular flexibility index (Phi) is 5.00. The Hall–Kier alpha value is -3.16. The molecule has 7 heteroatoms. The lowest BCUT2D eigenvalue weighted by Crippen LogP contribution is -2.36. The molecule has 1 aromatic heterocycles. The molecule has 5 nitrogen and oxygen atoms in total. The van der Waals surface area contributed by atoms with Crippen molar-refractivity contribution in [1.82, 2.24) is 4.90 Å². The largest absolute Gasteiger partial charge is 0.334 e. The summed E-state index contributed by atoms with van der Waals surface area (Å²) in [5.41, 5.74) is 3.04. The molecule has 1 amide bonds. The van der Waals surface area contributed by atoms with Crippen LogP contribution in [0.3, 0.4) is 0 Å². The van der Waals surface area contributed by atoms with E-state index in [0.717, 1.165) is 34.1 Å². The van der Waals surface area contributed by atoms with Crippen LogP contribution >= 0.6 is 11.3 Å². The summed E-state index contributed by atoms with van der Waals surface area (Å²) >= 11 is 1.14. The lowest BCUT2D eigenvalue weighted by molar-refractivity contribution is 0.0736.